The van der Waals surface area contributed by atoms with Gasteiger partial charge in [0.2, 0.25) is 0 Å². The molecule has 0 aliphatic carbocycles. The highest BCUT2D eigenvalue weighted by Gasteiger charge is 2.25. The monoisotopic (exact) mass is 327 g/mol. The van der Waals surface area contributed by atoms with E-state index in [-0.39, 0.29) is 11.7 Å². The minimum absolute atomic E-state index is 0.129. The number of aliphatic hydroxyl groups is 1. The smallest absolute Gasteiger partial charge is 0.253 e. The summed E-state index contributed by atoms with van der Waals surface area (Å²) in [6.45, 7) is 2.32. The summed E-state index contributed by atoms with van der Waals surface area (Å²) in [7, 11) is 0. The Morgan fingerprint density at radius 3 is 2.38 bits per heavy atom. The van der Waals surface area contributed by atoms with E-state index in [2.05, 4.69) is 0 Å². The van der Waals surface area contributed by atoms with Crippen molar-refractivity contribution in [2.45, 2.75) is 19.4 Å². The van der Waals surface area contributed by atoms with Crippen molar-refractivity contribution in [1.82, 2.24) is 4.90 Å². The Labute approximate surface area is 139 Å². The third-order valence-corrected chi connectivity index (χ3v) is 4.27. The van der Waals surface area contributed by atoms with Gasteiger partial charge in [-0.15, -0.1) is 0 Å². The van der Waals surface area contributed by atoms with E-state index in [1.54, 1.807) is 29.2 Å². The molecule has 0 bridgehead atoms. The number of ketones is 1. The molecule has 3 rings (SSSR count). The summed E-state index contributed by atoms with van der Waals surface area (Å²) in [5.74, 6) is -0.687. The van der Waals surface area contributed by atoms with Crippen molar-refractivity contribution in [3.63, 3.8) is 0 Å². The van der Waals surface area contributed by atoms with Gasteiger partial charge in [0, 0.05) is 29.8 Å². The number of carbonyl (C=O) groups is 2. The molecule has 1 heterocycles. The number of β-amino-alcohol motifs (C(OH)–C–C–N with tert-alkyl or cyclic N) is 1. The molecule has 1 amide bonds. The van der Waals surface area contributed by atoms with Crippen LogP contribution in [-0.4, -0.2) is 40.9 Å². The summed E-state index contributed by atoms with van der Waals surface area (Å²) in [6, 6.07) is 10.9. The normalized spacial score (nSPS) is 17.1. The number of hydrogen-bond acceptors (Lipinski definition) is 3. The van der Waals surface area contributed by atoms with E-state index in [1.165, 1.54) is 25.1 Å². The fraction of sp³-hybridized carbons (Fsp3) is 0.263. The molecule has 1 N–H and O–H groups in total. The SMILES string of the molecule is CC(=O)c1ccc(F)c(-c2ccc(C(=O)N3CC[C@@H](O)C3)cc2)c1. The number of carbonyl (C=O) groups excluding carboxylic acids is 2. The van der Waals surface area contributed by atoms with Crippen LogP contribution in [0.25, 0.3) is 11.1 Å². The first-order valence-electron chi connectivity index (χ1n) is 7.84. The maximum absolute atomic E-state index is 14.1. The predicted molar refractivity (Wildman–Crippen MR) is 88.4 cm³/mol. The first-order valence-corrected chi connectivity index (χ1v) is 7.84. The summed E-state index contributed by atoms with van der Waals surface area (Å²) in [5, 5.41) is 9.53. The summed E-state index contributed by atoms with van der Waals surface area (Å²) < 4.78 is 14.1. The van der Waals surface area contributed by atoms with Gasteiger partial charge in [-0.2, -0.15) is 0 Å². The first-order chi connectivity index (χ1) is 11.5. The van der Waals surface area contributed by atoms with E-state index in [0.29, 0.717) is 41.8 Å². The maximum Gasteiger partial charge on any atom is 0.253 e. The molecule has 24 heavy (non-hydrogen) atoms. The molecule has 124 valence electrons. The zero-order chi connectivity index (χ0) is 17.3. The summed E-state index contributed by atoms with van der Waals surface area (Å²) in [5.41, 5.74) is 1.88. The van der Waals surface area contributed by atoms with Gasteiger partial charge in [-0.1, -0.05) is 12.1 Å². The van der Waals surface area contributed by atoms with Crippen LogP contribution in [0.2, 0.25) is 0 Å². The van der Waals surface area contributed by atoms with Gasteiger partial charge < -0.3 is 10.0 Å². The van der Waals surface area contributed by atoms with Gasteiger partial charge in [0.15, 0.2) is 5.78 Å². The number of halogens is 1. The second-order valence-electron chi connectivity index (χ2n) is 6.02. The van der Waals surface area contributed by atoms with Crippen molar-refractivity contribution in [3.05, 3.63) is 59.4 Å². The molecular weight excluding hydrogens is 309 g/mol. The van der Waals surface area contributed by atoms with Crippen LogP contribution in [-0.2, 0) is 0 Å². The molecule has 0 saturated carbocycles. The fourth-order valence-electron chi connectivity index (χ4n) is 2.87. The van der Waals surface area contributed by atoms with Crippen LogP contribution in [0.1, 0.15) is 34.1 Å². The van der Waals surface area contributed by atoms with Crippen molar-refractivity contribution < 1.29 is 19.1 Å². The number of rotatable bonds is 3. The van der Waals surface area contributed by atoms with Gasteiger partial charge in [-0.25, -0.2) is 4.39 Å². The van der Waals surface area contributed by atoms with Crippen molar-refractivity contribution in [3.8, 4) is 11.1 Å². The summed E-state index contributed by atoms with van der Waals surface area (Å²) in [6.07, 6.45) is 0.129. The van der Waals surface area contributed by atoms with E-state index >= 15 is 0 Å². The highest BCUT2D eigenvalue weighted by molar-refractivity contribution is 5.96. The Morgan fingerprint density at radius 2 is 1.79 bits per heavy atom. The van der Waals surface area contributed by atoms with E-state index in [0.717, 1.165) is 0 Å². The number of hydrogen-bond donors (Lipinski definition) is 1. The Bertz CT molecular complexity index is 786. The van der Waals surface area contributed by atoms with Gasteiger partial charge in [-0.3, -0.25) is 9.59 Å². The molecule has 5 heteroatoms. The number of nitrogens with zero attached hydrogens (tertiary/aromatic N) is 1. The Kier molecular flexibility index (Phi) is 4.44. The van der Waals surface area contributed by atoms with E-state index in [4.69, 9.17) is 0 Å². The quantitative estimate of drug-likeness (QED) is 0.882. The second-order valence-corrected chi connectivity index (χ2v) is 6.02. The topological polar surface area (TPSA) is 57.6 Å². The first kappa shape index (κ1) is 16.3. The van der Waals surface area contributed by atoms with Crippen molar-refractivity contribution >= 4 is 11.7 Å². The summed E-state index contributed by atoms with van der Waals surface area (Å²) >= 11 is 0. The maximum atomic E-state index is 14.1. The molecule has 1 aliphatic heterocycles. The number of amides is 1. The highest BCUT2D eigenvalue weighted by atomic mass is 19.1. The lowest BCUT2D eigenvalue weighted by molar-refractivity contribution is 0.0765. The molecule has 1 fully saturated rings. The number of likely N-dealkylation sites (tertiary alicyclic amines) is 1. The van der Waals surface area contributed by atoms with Gasteiger partial charge in [-0.05, 0) is 49.2 Å². The molecule has 1 saturated heterocycles. The lowest BCUT2D eigenvalue weighted by Gasteiger charge is -2.15. The molecule has 0 unspecified atom stereocenters. The molecule has 1 atom stereocenters. The van der Waals surface area contributed by atoms with Crippen molar-refractivity contribution in [1.29, 1.82) is 0 Å². The van der Waals surface area contributed by atoms with Gasteiger partial charge >= 0.3 is 0 Å². The second kappa shape index (κ2) is 6.53. The number of aliphatic hydroxyl groups excluding tert-OH is 1. The van der Waals surface area contributed by atoms with E-state index in [1.807, 2.05) is 0 Å². The van der Waals surface area contributed by atoms with Crippen LogP contribution in [0.15, 0.2) is 42.5 Å². The molecule has 0 aromatic heterocycles. The van der Waals surface area contributed by atoms with Gasteiger partial charge in [0.1, 0.15) is 5.82 Å². The van der Waals surface area contributed by atoms with Crippen LogP contribution in [0.5, 0.6) is 0 Å². The highest BCUT2D eigenvalue weighted by Crippen LogP contribution is 2.25. The molecule has 0 spiro atoms. The van der Waals surface area contributed by atoms with Crippen molar-refractivity contribution in [2.24, 2.45) is 0 Å². The minimum atomic E-state index is -0.461. The van der Waals surface area contributed by atoms with E-state index in [9.17, 15) is 19.1 Å². The van der Waals surface area contributed by atoms with Crippen LogP contribution in [0.4, 0.5) is 4.39 Å². The molecule has 4 nitrogen and oxygen atoms in total. The minimum Gasteiger partial charge on any atom is -0.391 e. The fourth-order valence-corrected chi connectivity index (χ4v) is 2.87. The third kappa shape index (κ3) is 3.21. The molecular formula is C19H18FNO3. The lowest BCUT2D eigenvalue weighted by Crippen LogP contribution is -2.29. The predicted octanol–water partition coefficient (Wildman–Crippen LogP) is 2.90. The Balaban J connectivity index is 1.86. The Morgan fingerprint density at radius 1 is 1.12 bits per heavy atom. The number of benzene rings is 2. The Hall–Kier alpha value is -2.53. The molecule has 2 aromatic carbocycles. The zero-order valence-corrected chi connectivity index (χ0v) is 13.3. The average Bonchev–Trinajstić information content (AvgIpc) is 3.01. The molecule has 0 radical (unpaired) electrons. The average molecular weight is 327 g/mol. The lowest BCUT2D eigenvalue weighted by atomic mass is 9.99. The molecule has 2 aromatic rings. The van der Waals surface area contributed by atoms with Crippen LogP contribution in [0, 0.1) is 5.82 Å². The third-order valence-electron chi connectivity index (χ3n) is 4.27. The van der Waals surface area contributed by atoms with E-state index < -0.39 is 11.9 Å². The molecule has 1 aliphatic rings. The van der Waals surface area contributed by atoms with Crippen molar-refractivity contribution in [2.75, 3.05) is 13.1 Å². The standard InChI is InChI=1S/C19H18FNO3/c1-12(22)15-6-7-18(20)17(10-15)13-2-4-14(5-3-13)19(24)21-9-8-16(23)11-21/h2-7,10,16,23H,8-9,11H2,1H3/t16-/m1/s1. The summed E-state index contributed by atoms with van der Waals surface area (Å²) in [4.78, 5) is 25.4. The van der Waals surface area contributed by atoms with Gasteiger partial charge in [0.25, 0.3) is 5.91 Å². The van der Waals surface area contributed by atoms with Crippen LogP contribution >= 0.6 is 0 Å². The number of Topliss-reactive ketones (excluding diaryl/α,β-unsaturated/α-hetero) is 1. The van der Waals surface area contributed by atoms with Gasteiger partial charge in [0.05, 0.1) is 6.10 Å². The van der Waals surface area contributed by atoms with Crippen LogP contribution < -0.4 is 0 Å². The van der Waals surface area contributed by atoms with Crippen LogP contribution in [0.3, 0.4) is 0 Å². The zero-order valence-electron chi connectivity index (χ0n) is 13.3. The largest absolute Gasteiger partial charge is 0.391 e.